The van der Waals surface area contributed by atoms with Gasteiger partial charge in [-0.1, -0.05) is 47.5 Å². The van der Waals surface area contributed by atoms with Gasteiger partial charge in [-0.2, -0.15) is 12.6 Å². The third-order valence-corrected chi connectivity index (χ3v) is 4.84. The van der Waals surface area contributed by atoms with Gasteiger partial charge >= 0.3 is 0 Å². The summed E-state index contributed by atoms with van der Waals surface area (Å²) < 4.78 is 6.04. The molecule has 0 spiro atoms. The van der Waals surface area contributed by atoms with Crippen LogP contribution in [0.5, 0.6) is 0 Å². The number of thiol groups is 1. The molecule has 2 rings (SSSR count). The molecule has 2 saturated carbocycles. The van der Waals surface area contributed by atoms with E-state index in [1.54, 1.807) is 6.26 Å². The number of fused-ring (bicyclic) bond motifs is 2. The Hall–Kier alpha value is 0.310. The first-order valence-corrected chi connectivity index (χ1v) is 9.23. The van der Waals surface area contributed by atoms with E-state index < -0.39 is 0 Å². The minimum Gasteiger partial charge on any atom is -0.378 e. The summed E-state index contributed by atoms with van der Waals surface area (Å²) in [6.45, 7) is 12.0. The minimum atomic E-state index is 0.611. The number of ether oxygens (including phenoxy) is 1. The van der Waals surface area contributed by atoms with E-state index in [1.165, 1.54) is 32.1 Å². The van der Waals surface area contributed by atoms with Gasteiger partial charge in [0.15, 0.2) is 0 Å². The zero-order chi connectivity index (χ0) is 14.8. The maximum Gasteiger partial charge on any atom is 0.0608 e. The average molecular weight is 289 g/mol. The van der Waals surface area contributed by atoms with Crippen molar-refractivity contribution in [1.29, 1.82) is 0 Å². The van der Waals surface area contributed by atoms with E-state index in [0.29, 0.717) is 6.10 Å². The average Bonchev–Trinajstić information content (AvgIpc) is 3.01. The van der Waals surface area contributed by atoms with E-state index in [2.05, 4.69) is 33.4 Å². The maximum absolute atomic E-state index is 6.04. The molecular weight excluding hydrogens is 252 g/mol. The quantitative estimate of drug-likeness (QED) is 0.523. The van der Waals surface area contributed by atoms with Crippen molar-refractivity contribution in [2.75, 3.05) is 12.9 Å². The Kier molecular flexibility index (Phi) is 11.2. The summed E-state index contributed by atoms with van der Waals surface area (Å²) in [6, 6.07) is 0. The lowest BCUT2D eigenvalue weighted by Gasteiger charge is -2.33. The van der Waals surface area contributed by atoms with E-state index in [1.807, 2.05) is 13.8 Å². The summed E-state index contributed by atoms with van der Waals surface area (Å²) in [7, 11) is 0. The molecule has 0 aromatic heterocycles. The normalized spacial score (nSPS) is 35.2. The van der Waals surface area contributed by atoms with Crippen molar-refractivity contribution >= 4 is 12.6 Å². The molecule has 2 bridgehead atoms. The second kappa shape index (κ2) is 11.0. The van der Waals surface area contributed by atoms with Gasteiger partial charge in [-0.3, -0.25) is 0 Å². The molecule has 5 atom stereocenters. The molecule has 2 aliphatic carbocycles. The summed E-state index contributed by atoms with van der Waals surface area (Å²) in [6.07, 6.45) is 8.99. The van der Waals surface area contributed by atoms with Crippen LogP contribution in [0.25, 0.3) is 0 Å². The molecule has 2 aliphatic rings. The topological polar surface area (TPSA) is 9.23 Å². The molecular formula is C17H36OS. The smallest absolute Gasteiger partial charge is 0.0608 e. The molecule has 0 radical (unpaired) electrons. The van der Waals surface area contributed by atoms with E-state index in [9.17, 15) is 0 Å². The first-order valence-electron chi connectivity index (χ1n) is 8.34. The predicted octanol–water partition coefficient (Wildman–Crippen LogP) is 5.45. The molecule has 0 aromatic carbocycles. The first kappa shape index (κ1) is 19.3. The van der Waals surface area contributed by atoms with Gasteiger partial charge in [0.2, 0.25) is 0 Å². The second-order valence-electron chi connectivity index (χ2n) is 5.59. The van der Waals surface area contributed by atoms with Gasteiger partial charge in [0.25, 0.3) is 0 Å². The highest BCUT2D eigenvalue weighted by Gasteiger charge is 2.50. The van der Waals surface area contributed by atoms with Crippen LogP contribution >= 0.6 is 12.6 Å². The number of unbranched alkanes of at least 4 members (excludes halogenated alkanes) is 1. The molecule has 0 heterocycles. The zero-order valence-electron chi connectivity index (χ0n) is 14.0. The number of hydrogen-bond acceptors (Lipinski definition) is 2. The highest BCUT2D eigenvalue weighted by molar-refractivity contribution is 7.79. The van der Waals surface area contributed by atoms with Gasteiger partial charge in [-0.05, 0) is 49.2 Å². The largest absolute Gasteiger partial charge is 0.378 e. The van der Waals surface area contributed by atoms with E-state index in [4.69, 9.17) is 4.74 Å². The van der Waals surface area contributed by atoms with Gasteiger partial charge in [0.1, 0.15) is 0 Å². The third kappa shape index (κ3) is 4.97. The molecule has 2 fully saturated rings. The van der Waals surface area contributed by atoms with E-state index in [-0.39, 0.29) is 0 Å². The van der Waals surface area contributed by atoms with Crippen molar-refractivity contribution in [3.05, 3.63) is 0 Å². The van der Waals surface area contributed by atoms with Gasteiger partial charge in [0.05, 0.1) is 6.10 Å². The van der Waals surface area contributed by atoms with Gasteiger partial charge in [-0.15, -0.1) is 0 Å². The molecule has 0 aromatic rings. The van der Waals surface area contributed by atoms with Crippen molar-refractivity contribution in [1.82, 2.24) is 0 Å². The molecule has 0 amide bonds. The van der Waals surface area contributed by atoms with Crippen LogP contribution in [0.2, 0.25) is 0 Å². The summed E-state index contributed by atoms with van der Waals surface area (Å²) in [5, 5.41) is 0. The standard InChI is InChI=1S/C14H26O.C2H6.CH4S/c1-4-6-7-15-14-9-11-8-13(14)10(3)12(11)5-2;2*1-2/h10-14H,4-9H2,1-3H3;1-2H3;2H,1H3. The Morgan fingerprint density at radius 3 is 2.21 bits per heavy atom. The van der Waals surface area contributed by atoms with Gasteiger partial charge in [0, 0.05) is 6.61 Å². The fourth-order valence-electron chi connectivity index (χ4n) is 4.00. The van der Waals surface area contributed by atoms with E-state index in [0.717, 1.165) is 30.3 Å². The van der Waals surface area contributed by atoms with Crippen LogP contribution in [-0.2, 0) is 4.74 Å². The summed E-state index contributed by atoms with van der Waals surface area (Å²) >= 11 is 3.53. The Morgan fingerprint density at radius 1 is 1.11 bits per heavy atom. The lowest BCUT2D eigenvalue weighted by atomic mass is 9.78. The minimum absolute atomic E-state index is 0.611. The Bertz CT molecular complexity index is 205. The van der Waals surface area contributed by atoms with E-state index >= 15 is 0 Å². The summed E-state index contributed by atoms with van der Waals surface area (Å²) in [5.74, 6) is 3.79. The molecule has 0 N–H and O–H groups in total. The van der Waals surface area contributed by atoms with Crippen LogP contribution in [-0.4, -0.2) is 19.0 Å². The van der Waals surface area contributed by atoms with Crippen molar-refractivity contribution in [3.63, 3.8) is 0 Å². The first-order chi connectivity index (χ1) is 9.27. The molecule has 19 heavy (non-hydrogen) atoms. The second-order valence-corrected chi connectivity index (χ2v) is 5.59. The van der Waals surface area contributed by atoms with Gasteiger partial charge < -0.3 is 4.74 Å². The maximum atomic E-state index is 6.04. The van der Waals surface area contributed by atoms with Crippen LogP contribution in [0, 0.1) is 23.7 Å². The lowest BCUT2D eigenvalue weighted by Crippen LogP contribution is -2.31. The van der Waals surface area contributed by atoms with Crippen LogP contribution in [0.4, 0.5) is 0 Å². The summed E-state index contributed by atoms with van der Waals surface area (Å²) in [4.78, 5) is 0. The molecule has 1 nitrogen and oxygen atoms in total. The Labute approximate surface area is 127 Å². The fourth-order valence-corrected chi connectivity index (χ4v) is 4.00. The summed E-state index contributed by atoms with van der Waals surface area (Å²) in [5.41, 5.74) is 0. The molecule has 116 valence electrons. The third-order valence-electron chi connectivity index (χ3n) is 4.84. The zero-order valence-corrected chi connectivity index (χ0v) is 14.9. The Balaban J connectivity index is 0.000000741. The fraction of sp³-hybridized carbons (Fsp3) is 1.00. The van der Waals surface area contributed by atoms with Crippen LogP contribution < -0.4 is 0 Å². The van der Waals surface area contributed by atoms with Crippen molar-refractivity contribution in [2.24, 2.45) is 23.7 Å². The number of rotatable bonds is 5. The number of hydrogen-bond donors (Lipinski definition) is 1. The molecule has 2 heteroatoms. The van der Waals surface area contributed by atoms with Crippen molar-refractivity contribution in [3.8, 4) is 0 Å². The Morgan fingerprint density at radius 2 is 1.74 bits per heavy atom. The highest BCUT2D eigenvalue weighted by Crippen LogP contribution is 2.54. The molecule has 5 unspecified atom stereocenters. The lowest BCUT2D eigenvalue weighted by molar-refractivity contribution is -0.0138. The molecule has 0 aliphatic heterocycles. The SMILES string of the molecule is CC.CCCCOC1CC2CC1C(C)C2CC.CS. The monoisotopic (exact) mass is 288 g/mol. The van der Waals surface area contributed by atoms with Crippen LogP contribution in [0.15, 0.2) is 0 Å². The highest BCUT2D eigenvalue weighted by atomic mass is 32.1. The van der Waals surface area contributed by atoms with Crippen LogP contribution in [0.3, 0.4) is 0 Å². The van der Waals surface area contributed by atoms with Crippen molar-refractivity contribution in [2.45, 2.75) is 72.8 Å². The van der Waals surface area contributed by atoms with Crippen LogP contribution in [0.1, 0.15) is 66.7 Å². The van der Waals surface area contributed by atoms with Gasteiger partial charge in [-0.25, -0.2) is 0 Å². The predicted molar refractivity (Wildman–Crippen MR) is 90.1 cm³/mol. The molecule has 0 saturated heterocycles. The van der Waals surface area contributed by atoms with Crippen molar-refractivity contribution < 1.29 is 4.74 Å².